The molecular formula is C30H28N2O4. The molecule has 36 heavy (non-hydrogen) atoms. The van der Waals surface area contributed by atoms with Gasteiger partial charge in [-0.2, -0.15) is 0 Å². The molecular weight excluding hydrogens is 452 g/mol. The molecule has 0 aliphatic heterocycles. The lowest BCUT2D eigenvalue weighted by Gasteiger charge is -2.23. The molecule has 0 fully saturated rings. The van der Waals surface area contributed by atoms with Crippen LogP contribution in [0.4, 0.5) is 0 Å². The smallest absolute Gasteiger partial charge is 0.268 e. The highest BCUT2D eigenvalue weighted by Gasteiger charge is 2.22. The van der Waals surface area contributed by atoms with Gasteiger partial charge in [-0.05, 0) is 66.9 Å². The Balaban J connectivity index is 1.66. The maximum atomic E-state index is 13.6. The molecule has 0 spiro atoms. The fourth-order valence-electron chi connectivity index (χ4n) is 3.96. The molecule has 0 aliphatic rings. The Bertz CT molecular complexity index is 1360. The average molecular weight is 481 g/mol. The zero-order valence-corrected chi connectivity index (χ0v) is 20.4. The Morgan fingerprint density at radius 3 is 2.31 bits per heavy atom. The molecule has 0 radical (unpaired) electrons. The second-order valence-electron chi connectivity index (χ2n) is 8.43. The lowest BCUT2D eigenvalue weighted by atomic mass is 9.93. The van der Waals surface area contributed by atoms with Crippen LogP contribution < -0.4 is 15.4 Å². The fourth-order valence-corrected chi connectivity index (χ4v) is 3.96. The van der Waals surface area contributed by atoms with Crippen LogP contribution in [-0.4, -0.2) is 18.9 Å². The van der Waals surface area contributed by atoms with Gasteiger partial charge in [-0.15, -0.1) is 0 Å². The minimum Gasteiger partial charge on any atom is -0.497 e. The van der Waals surface area contributed by atoms with Crippen LogP contribution in [0.1, 0.15) is 44.4 Å². The van der Waals surface area contributed by atoms with E-state index in [2.05, 4.69) is 16.7 Å². The summed E-state index contributed by atoms with van der Waals surface area (Å²) in [5.74, 6) is 0.211. The van der Waals surface area contributed by atoms with Crippen molar-refractivity contribution in [1.29, 1.82) is 0 Å². The van der Waals surface area contributed by atoms with Crippen LogP contribution in [0.25, 0.3) is 6.08 Å². The van der Waals surface area contributed by atoms with Crippen molar-refractivity contribution in [3.63, 3.8) is 0 Å². The molecule has 0 bridgehead atoms. The number of benzene rings is 3. The first-order valence-corrected chi connectivity index (χ1v) is 11.6. The molecule has 6 nitrogen and oxygen atoms in total. The van der Waals surface area contributed by atoms with Gasteiger partial charge in [0.1, 0.15) is 17.2 Å². The van der Waals surface area contributed by atoms with E-state index in [0.717, 1.165) is 22.3 Å². The van der Waals surface area contributed by atoms with Gasteiger partial charge < -0.3 is 19.8 Å². The van der Waals surface area contributed by atoms with Crippen LogP contribution in [0.2, 0.25) is 0 Å². The molecule has 182 valence electrons. The van der Waals surface area contributed by atoms with E-state index in [1.54, 1.807) is 43.5 Å². The Morgan fingerprint density at radius 2 is 1.67 bits per heavy atom. The molecule has 6 heteroatoms. The van der Waals surface area contributed by atoms with Crippen LogP contribution in [0, 0.1) is 13.8 Å². The van der Waals surface area contributed by atoms with Gasteiger partial charge in [0.15, 0.2) is 0 Å². The summed E-state index contributed by atoms with van der Waals surface area (Å²) in [4.78, 5) is 26.6. The summed E-state index contributed by atoms with van der Waals surface area (Å²) in [5.41, 5.74) is 4.55. The summed E-state index contributed by atoms with van der Waals surface area (Å²) in [6.45, 7) is 4.06. The third kappa shape index (κ3) is 5.91. The van der Waals surface area contributed by atoms with Crippen LogP contribution >= 0.6 is 0 Å². The number of methoxy groups -OCH3 is 1. The molecule has 2 N–H and O–H groups in total. The summed E-state index contributed by atoms with van der Waals surface area (Å²) < 4.78 is 10.6. The number of ether oxygens (including phenoxy) is 1. The second-order valence-corrected chi connectivity index (χ2v) is 8.43. The third-order valence-corrected chi connectivity index (χ3v) is 5.82. The number of carbonyl (C=O) groups is 2. The maximum Gasteiger partial charge on any atom is 0.268 e. The Labute approximate surface area is 210 Å². The topological polar surface area (TPSA) is 80.6 Å². The fraction of sp³-hybridized carbons (Fsp3) is 0.133. The highest BCUT2D eigenvalue weighted by molar-refractivity contribution is 6.05. The van der Waals surface area contributed by atoms with Gasteiger partial charge in [0.05, 0.1) is 19.4 Å². The Hall–Kier alpha value is -4.58. The maximum absolute atomic E-state index is 13.6. The van der Waals surface area contributed by atoms with Crippen LogP contribution in [0.15, 0.2) is 101 Å². The van der Waals surface area contributed by atoms with E-state index in [1.165, 1.54) is 12.3 Å². The van der Waals surface area contributed by atoms with Crippen molar-refractivity contribution in [3.8, 4) is 5.75 Å². The second kappa shape index (κ2) is 11.2. The van der Waals surface area contributed by atoms with E-state index in [9.17, 15) is 9.59 Å². The molecule has 2 amide bonds. The van der Waals surface area contributed by atoms with Crippen molar-refractivity contribution in [1.82, 2.24) is 10.6 Å². The van der Waals surface area contributed by atoms with E-state index in [1.807, 2.05) is 56.3 Å². The van der Waals surface area contributed by atoms with E-state index in [4.69, 9.17) is 9.15 Å². The quantitative estimate of drug-likeness (QED) is 0.323. The summed E-state index contributed by atoms with van der Waals surface area (Å²) in [5, 5.41) is 5.86. The number of furan rings is 1. The first kappa shape index (κ1) is 24.5. The summed E-state index contributed by atoms with van der Waals surface area (Å²) >= 11 is 0. The van der Waals surface area contributed by atoms with E-state index >= 15 is 0 Å². The Morgan fingerprint density at radius 1 is 0.917 bits per heavy atom. The molecule has 4 rings (SSSR count). The van der Waals surface area contributed by atoms with Crippen molar-refractivity contribution in [2.45, 2.75) is 19.9 Å². The number of hydrogen-bond donors (Lipinski definition) is 2. The first-order valence-electron chi connectivity index (χ1n) is 11.6. The number of rotatable bonds is 8. The summed E-state index contributed by atoms with van der Waals surface area (Å²) in [6, 6.07) is 25.5. The lowest BCUT2D eigenvalue weighted by molar-refractivity contribution is -0.118. The van der Waals surface area contributed by atoms with Crippen LogP contribution in [0.5, 0.6) is 5.75 Å². The molecule has 1 atom stereocenters. The summed E-state index contributed by atoms with van der Waals surface area (Å²) in [6.07, 6.45) is 3.02. The van der Waals surface area contributed by atoms with Gasteiger partial charge >= 0.3 is 0 Å². The number of nitrogens with one attached hydrogen (secondary N) is 2. The molecule has 0 saturated carbocycles. The standard InChI is InChI=1S/C30H28N2O4/c1-20-11-16-26(21(2)18-20)28(22-8-5-4-6-9-22)32-30(34)27(19-25-10-7-17-36-25)31-29(33)23-12-14-24(35-3)15-13-23/h4-19,28H,1-3H3,(H,31,33)(H,32,34)/b27-19-/t28-/m1/s1. The van der Waals surface area contributed by atoms with Crippen molar-refractivity contribution in [2.75, 3.05) is 7.11 Å². The van der Waals surface area contributed by atoms with Crippen molar-refractivity contribution in [3.05, 3.63) is 130 Å². The largest absolute Gasteiger partial charge is 0.497 e. The van der Waals surface area contributed by atoms with Crippen molar-refractivity contribution in [2.24, 2.45) is 0 Å². The van der Waals surface area contributed by atoms with Gasteiger partial charge in [0, 0.05) is 11.6 Å². The zero-order valence-electron chi connectivity index (χ0n) is 20.4. The minimum atomic E-state index is -0.443. The molecule has 3 aromatic carbocycles. The van der Waals surface area contributed by atoms with E-state index < -0.39 is 17.9 Å². The predicted molar refractivity (Wildman–Crippen MR) is 139 cm³/mol. The van der Waals surface area contributed by atoms with Crippen LogP contribution in [0.3, 0.4) is 0 Å². The van der Waals surface area contributed by atoms with Gasteiger partial charge in [-0.3, -0.25) is 9.59 Å². The van der Waals surface area contributed by atoms with Crippen LogP contribution in [-0.2, 0) is 4.79 Å². The Kier molecular flexibility index (Phi) is 7.66. The molecule has 0 saturated heterocycles. The number of carbonyl (C=O) groups excluding carboxylic acids is 2. The molecule has 0 aliphatic carbocycles. The number of aryl methyl sites for hydroxylation is 2. The van der Waals surface area contributed by atoms with E-state index in [0.29, 0.717) is 17.1 Å². The average Bonchev–Trinajstić information content (AvgIpc) is 3.41. The van der Waals surface area contributed by atoms with Gasteiger partial charge in [0.2, 0.25) is 0 Å². The molecule has 4 aromatic rings. The minimum absolute atomic E-state index is 0.0662. The van der Waals surface area contributed by atoms with Crippen molar-refractivity contribution < 1.29 is 18.7 Å². The van der Waals surface area contributed by atoms with Gasteiger partial charge in [-0.25, -0.2) is 0 Å². The molecule has 0 unspecified atom stereocenters. The SMILES string of the molecule is COc1ccc(C(=O)N/C(=C\c2ccco2)C(=O)N[C@H](c2ccccc2)c2ccc(C)cc2C)cc1. The van der Waals surface area contributed by atoms with Gasteiger partial charge in [-0.1, -0.05) is 54.1 Å². The highest BCUT2D eigenvalue weighted by Crippen LogP contribution is 2.26. The predicted octanol–water partition coefficient (Wildman–Crippen LogP) is 5.58. The number of amides is 2. The lowest BCUT2D eigenvalue weighted by Crippen LogP contribution is -2.37. The van der Waals surface area contributed by atoms with Gasteiger partial charge in [0.25, 0.3) is 11.8 Å². The van der Waals surface area contributed by atoms with E-state index in [-0.39, 0.29) is 5.70 Å². The highest BCUT2D eigenvalue weighted by atomic mass is 16.5. The number of hydrogen-bond acceptors (Lipinski definition) is 4. The first-order chi connectivity index (χ1) is 17.4. The van der Waals surface area contributed by atoms with Crippen molar-refractivity contribution >= 4 is 17.9 Å². The molecule has 1 heterocycles. The monoisotopic (exact) mass is 480 g/mol. The zero-order chi connectivity index (χ0) is 25.5. The third-order valence-electron chi connectivity index (χ3n) is 5.82. The normalized spacial score (nSPS) is 12.0. The summed E-state index contributed by atoms with van der Waals surface area (Å²) in [7, 11) is 1.56. The molecule has 1 aromatic heterocycles.